The van der Waals surface area contributed by atoms with Gasteiger partial charge in [-0.15, -0.1) is 11.3 Å². The molecular weight excluding hydrogens is 430 g/mol. The standard InChI is InChI=1S/C23H23N3O3S2/c1-4-26-22(28)21-19(9-10-30-21)24-23(26)31-14-20(27)25(2)13-15-5-6-17-12-18(29-3)8-7-16(17)11-15/h5-12H,4,13-14H2,1-3H3. The molecule has 2 aromatic carbocycles. The van der Waals surface area contributed by atoms with Crippen LogP contribution in [0.3, 0.4) is 0 Å². The Morgan fingerprint density at radius 1 is 1.19 bits per heavy atom. The van der Waals surface area contributed by atoms with Gasteiger partial charge in [-0.2, -0.15) is 0 Å². The zero-order valence-electron chi connectivity index (χ0n) is 17.6. The van der Waals surface area contributed by atoms with Gasteiger partial charge in [0.15, 0.2) is 5.16 Å². The first kappa shape index (κ1) is 21.4. The van der Waals surface area contributed by atoms with Crippen LogP contribution in [0.2, 0.25) is 0 Å². The lowest BCUT2D eigenvalue weighted by Crippen LogP contribution is -2.28. The molecule has 0 radical (unpaired) electrons. The van der Waals surface area contributed by atoms with Gasteiger partial charge in [0, 0.05) is 20.1 Å². The summed E-state index contributed by atoms with van der Waals surface area (Å²) in [5, 5.41) is 4.65. The van der Waals surface area contributed by atoms with E-state index in [1.54, 1.807) is 23.6 Å². The van der Waals surface area contributed by atoms with E-state index in [9.17, 15) is 9.59 Å². The van der Waals surface area contributed by atoms with Crippen LogP contribution in [0.5, 0.6) is 5.75 Å². The second-order valence-electron chi connectivity index (χ2n) is 7.16. The molecule has 0 aliphatic carbocycles. The minimum atomic E-state index is -0.0430. The van der Waals surface area contributed by atoms with Crippen molar-refractivity contribution in [3.8, 4) is 5.75 Å². The highest BCUT2D eigenvalue weighted by Crippen LogP contribution is 2.23. The number of hydrogen-bond acceptors (Lipinski definition) is 6. The van der Waals surface area contributed by atoms with E-state index < -0.39 is 0 Å². The van der Waals surface area contributed by atoms with Gasteiger partial charge in [0.2, 0.25) is 5.91 Å². The van der Waals surface area contributed by atoms with Crippen molar-refractivity contribution in [2.24, 2.45) is 0 Å². The van der Waals surface area contributed by atoms with Gasteiger partial charge in [-0.05, 0) is 52.9 Å². The summed E-state index contributed by atoms with van der Waals surface area (Å²) >= 11 is 2.71. The Bertz CT molecular complexity index is 1310. The molecule has 160 valence electrons. The normalized spacial score (nSPS) is 11.2. The second kappa shape index (κ2) is 9.11. The van der Waals surface area contributed by atoms with Crippen molar-refractivity contribution >= 4 is 50.0 Å². The third-order valence-corrected chi connectivity index (χ3v) is 6.98. The van der Waals surface area contributed by atoms with Crippen molar-refractivity contribution in [2.75, 3.05) is 19.9 Å². The first-order valence-electron chi connectivity index (χ1n) is 9.91. The van der Waals surface area contributed by atoms with E-state index in [4.69, 9.17) is 4.74 Å². The van der Waals surface area contributed by atoms with Gasteiger partial charge >= 0.3 is 0 Å². The lowest BCUT2D eigenvalue weighted by molar-refractivity contribution is -0.127. The highest BCUT2D eigenvalue weighted by atomic mass is 32.2. The zero-order valence-corrected chi connectivity index (χ0v) is 19.3. The Labute approximate surface area is 188 Å². The Morgan fingerprint density at radius 2 is 1.97 bits per heavy atom. The molecule has 4 rings (SSSR count). The number of aromatic nitrogens is 2. The van der Waals surface area contributed by atoms with Crippen LogP contribution in [-0.4, -0.2) is 40.3 Å². The molecule has 6 nitrogen and oxygen atoms in total. The Morgan fingerprint density at radius 3 is 2.74 bits per heavy atom. The predicted octanol–water partition coefficient (Wildman–Crippen LogP) is 4.39. The fourth-order valence-corrected chi connectivity index (χ4v) is 5.19. The molecule has 0 saturated heterocycles. The molecule has 0 atom stereocenters. The average molecular weight is 454 g/mol. The fraction of sp³-hybridized carbons (Fsp3) is 0.261. The smallest absolute Gasteiger partial charge is 0.272 e. The number of hydrogen-bond donors (Lipinski definition) is 0. The van der Waals surface area contributed by atoms with Gasteiger partial charge in [-0.1, -0.05) is 30.0 Å². The van der Waals surface area contributed by atoms with Gasteiger partial charge in [-0.25, -0.2) is 4.98 Å². The lowest BCUT2D eigenvalue weighted by atomic mass is 10.1. The van der Waals surface area contributed by atoms with E-state index in [1.807, 2.05) is 48.7 Å². The van der Waals surface area contributed by atoms with Gasteiger partial charge in [0.05, 0.1) is 18.4 Å². The summed E-state index contributed by atoms with van der Waals surface area (Å²) < 4.78 is 7.56. The van der Waals surface area contributed by atoms with Crippen molar-refractivity contribution in [3.05, 3.63) is 63.8 Å². The number of benzene rings is 2. The van der Waals surface area contributed by atoms with E-state index in [-0.39, 0.29) is 17.2 Å². The number of thiophene rings is 1. The summed E-state index contributed by atoms with van der Waals surface area (Å²) in [6, 6.07) is 13.9. The van der Waals surface area contributed by atoms with Crippen molar-refractivity contribution in [2.45, 2.75) is 25.2 Å². The number of carbonyl (C=O) groups excluding carboxylic acids is 1. The molecule has 0 bridgehead atoms. The predicted molar refractivity (Wildman–Crippen MR) is 127 cm³/mol. The Hall–Kier alpha value is -2.84. The third-order valence-electron chi connectivity index (χ3n) is 5.13. The second-order valence-corrected chi connectivity index (χ2v) is 9.02. The average Bonchev–Trinajstić information content (AvgIpc) is 3.26. The van der Waals surface area contributed by atoms with E-state index in [0.29, 0.717) is 28.5 Å². The van der Waals surface area contributed by atoms with Crippen molar-refractivity contribution in [3.63, 3.8) is 0 Å². The van der Waals surface area contributed by atoms with Crippen LogP contribution < -0.4 is 10.3 Å². The van der Waals surface area contributed by atoms with E-state index in [1.165, 1.54) is 23.1 Å². The molecule has 0 saturated carbocycles. The largest absolute Gasteiger partial charge is 0.497 e. The summed E-state index contributed by atoms with van der Waals surface area (Å²) in [6.07, 6.45) is 0. The van der Waals surface area contributed by atoms with Crippen LogP contribution in [0.1, 0.15) is 12.5 Å². The lowest BCUT2D eigenvalue weighted by Gasteiger charge is -2.18. The number of thioether (sulfide) groups is 1. The summed E-state index contributed by atoms with van der Waals surface area (Å²) in [7, 11) is 3.45. The minimum Gasteiger partial charge on any atom is -0.497 e. The summed E-state index contributed by atoms with van der Waals surface area (Å²) in [5.74, 6) is 1.04. The maximum absolute atomic E-state index is 12.7. The topological polar surface area (TPSA) is 64.4 Å². The van der Waals surface area contributed by atoms with Gasteiger partial charge in [0.1, 0.15) is 10.4 Å². The Balaban J connectivity index is 1.45. The molecule has 0 N–H and O–H groups in total. The molecule has 0 spiro atoms. The minimum absolute atomic E-state index is 0.0119. The van der Waals surface area contributed by atoms with Gasteiger partial charge in [0.25, 0.3) is 5.56 Å². The van der Waals surface area contributed by atoms with Crippen LogP contribution in [0.15, 0.2) is 57.8 Å². The molecule has 0 unspecified atom stereocenters. The molecule has 31 heavy (non-hydrogen) atoms. The monoisotopic (exact) mass is 453 g/mol. The van der Waals surface area contributed by atoms with Crippen molar-refractivity contribution in [1.29, 1.82) is 0 Å². The molecule has 0 fully saturated rings. The quantitative estimate of drug-likeness (QED) is 0.307. The van der Waals surface area contributed by atoms with Crippen LogP contribution >= 0.6 is 23.1 Å². The molecule has 4 aromatic rings. The molecule has 0 aliphatic heterocycles. The van der Waals surface area contributed by atoms with Gasteiger partial charge in [-0.3, -0.25) is 14.2 Å². The molecular formula is C23H23N3O3S2. The maximum Gasteiger partial charge on any atom is 0.272 e. The van der Waals surface area contributed by atoms with Crippen LogP contribution in [0, 0.1) is 0 Å². The summed E-state index contributed by atoms with van der Waals surface area (Å²) in [4.78, 5) is 31.7. The van der Waals surface area contributed by atoms with Crippen molar-refractivity contribution in [1.82, 2.24) is 14.5 Å². The number of methoxy groups -OCH3 is 1. The van der Waals surface area contributed by atoms with E-state index in [2.05, 4.69) is 11.1 Å². The fourth-order valence-electron chi connectivity index (χ4n) is 3.41. The number of fused-ring (bicyclic) bond motifs is 2. The van der Waals surface area contributed by atoms with Crippen LogP contribution in [-0.2, 0) is 17.9 Å². The number of nitrogens with zero attached hydrogens (tertiary/aromatic N) is 3. The van der Waals surface area contributed by atoms with E-state index in [0.717, 1.165) is 22.1 Å². The Kier molecular flexibility index (Phi) is 6.29. The summed E-state index contributed by atoms with van der Waals surface area (Å²) in [6.45, 7) is 2.95. The van der Waals surface area contributed by atoms with Crippen LogP contribution in [0.25, 0.3) is 21.0 Å². The number of ether oxygens (including phenoxy) is 1. The first-order valence-corrected chi connectivity index (χ1v) is 11.8. The van der Waals surface area contributed by atoms with Crippen molar-refractivity contribution < 1.29 is 9.53 Å². The summed E-state index contributed by atoms with van der Waals surface area (Å²) in [5.41, 5.74) is 1.70. The molecule has 1 amide bonds. The highest BCUT2D eigenvalue weighted by molar-refractivity contribution is 7.99. The molecule has 0 aliphatic rings. The van der Waals surface area contributed by atoms with Crippen LogP contribution in [0.4, 0.5) is 0 Å². The zero-order chi connectivity index (χ0) is 22.0. The first-order chi connectivity index (χ1) is 15.0. The van der Waals surface area contributed by atoms with Gasteiger partial charge < -0.3 is 9.64 Å². The third kappa shape index (κ3) is 4.45. The molecule has 2 heterocycles. The number of amides is 1. The highest BCUT2D eigenvalue weighted by Gasteiger charge is 2.15. The number of rotatable bonds is 7. The van der Waals surface area contributed by atoms with E-state index >= 15 is 0 Å². The maximum atomic E-state index is 12.7. The molecule has 2 aromatic heterocycles. The number of carbonyl (C=O) groups is 1. The SMILES string of the molecule is CCn1c(SCC(=O)N(C)Cc2ccc3cc(OC)ccc3c2)nc2ccsc2c1=O. The molecule has 8 heteroatoms.